The van der Waals surface area contributed by atoms with E-state index in [0.29, 0.717) is 29.9 Å². The quantitative estimate of drug-likeness (QED) is 0.403. The Hall–Kier alpha value is -4.27. The highest BCUT2D eigenvalue weighted by Crippen LogP contribution is 2.33. The first-order chi connectivity index (χ1) is 18.0. The van der Waals surface area contributed by atoms with Crippen LogP contribution in [0.15, 0.2) is 59.7 Å². The monoisotopic (exact) mass is 493 g/mol. The van der Waals surface area contributed by atoms with Crippen LogP contribution in [0.2, 0.25) is 0 Å². The average Bonchev–Trinajstić information content (AvgIpc) is 3.29. The second-order valence-electron chi connectivity index (χ2n) is 10.3. The number of aromatic nitrogens is 6. The van der Waals surface area contributed by atoms with Crippen molar-refractivity contribution >= 4 is 27.8 Å². The summed E-state index contributed by atoms with van der Waals surface area (Å²) in [5.41, 5.74) is 4.53. The van der Waals surface area contributed by atoms with Crippen molar-refractivity contribution in [3.63, 3.8) is 0 Å². The van der Waals surface area contributed by atoms with E-state index in [4.69, 9.17) is 4.98 Å². The van der Waals surface area contributed by atoms with Crippen molar-refractivity contribution in [3.05, 3.63) is 65.2 Å². The van der Waals surface area contributed by atoms with Crippen molar-refractivity contribution in [3.8, 4) is 22.5 Å². The molecule has 9 heteroatoms. The Morgan fingerprint density at radius 3 is 2.62 bits per heavy atom. The van der Waals surface area contributed by atoms with E-state index in [1.807, 2.05) is 29.3 Å². The molecule has 1 unspecified atom stereocenters. The van der Waals surface area contributed by atoms with Gasteiger partial charge in [-0.05, 0) is 48.4 Å². The number of rotatable bonds is 5. The highest BCUT2D eigenvalue weighted by molar-refractivity contribution is 5.84. The Morgan fingerprint density at radius 2 is 1.81 bits per heavy atom. The van der Waals surface area contributed by atoms with Crippen molar-refractivity contribution in [2.75, 3.05) is 13.1 Å². The summed E-state index contributed by atoms with van der Waals surface area (Å²) in [6, 6.07) is 14.4. The highest BCUT2D eigenvalue weighted by atomic mass is 16.2. The normalized spacial score (nSPS) is 17.8. The predicted molar refractivity (Wildman–Crippen MR) is 141 cm³/mol. The molecule has 0 radical (unpaired) electrons. The zero-order valence-corrected chi connectivity index (χ0v) is 20.6. The van der Waals surface area contributed by atoms with Gasteiger partial charge in [0.2, 0.25) is 5.91 Å². The fraction of sp³-hybridized carbons (Fsp3) is 0.321. The lowest BCUT2D eigenvalue weighted by molar-refractivity contribution is -0.131. The number of fused-ring (bicyclic) bond motifs is 2. The Bertz CT molecular complexity index is 1710. The third-order valence-electron chi connectivity index (χ3n) is 7.73. The van der Waals surface area contributed by atoms with Gasteiger partial charge in [0.15, 0.2) is 5.65 Å². The number of H-pyrrole nitrogens is 1. The smallest absolute Gasteiger partial charge is 0.264 e. The number of amides is 1. The number of hydrogen-bond acceptors (Lipinski definition) is 5. The number of benzene rings is 2. The van der Waals surface area contributed by atoms with Crippen LogP contribution < -0.4 is 5.56 Å². The Morgan fingerprint density at radius 1 is 1.03 bits per heavy atom. The summed E-state index contributed by atoms with van der Waals surface area (Å²) in [5.74, 6) is 1.35. The van der Waals surface area contributed by atoms with E-state index in [-0.39, 0.29) is 23.3 Å². The van der Waals surface area contributed by atoms with E-state index < -0.39 is 0 Å². The van der Waals surface area contributed by atoms with E-state index in [0.717, 1.165) is 53.4 Å². The fourth-order valence-electron chi connectivity index (χ4n) is 5.47. The van der Waals surface area contributed by atoms with E-state index in [2.05, 4.69) is 39.6 Å². The average molecular weight is 494 g/mol. The van der Waals surface area contributed by atoms with Gasteiger partial charge in [0.1, 0.15) is 11.2 Å². The van der Waals surface area contributed by atoms with Crippen LogP contribution >= 0.6 is 0 Å². The van der Waals surface area contributed by atoms with Crippen LogP contribution in [0.3, 0.4) is 0 Å². The third kappa shape index (κ3) is 3.82. The molecule has 0 bridgehead atoms. The summed E-state index contributed by atoms with van der Waals surface area (Å²) < 4.78 is 3.43. The summed E-state index contributed by atoms with van der Waals surface area (Å²) in [4.78, 5) is 33.1. The minimum absolute atomic E-state index is 0.0884. The summed E-state index contributed by atoms with van der Waals surface area (Å²) >= 11 is 0. The molecule has 37 heavy (non-hydrogen) atoms. The molecular formula is C28H27N7O2. The van der Waals surface area contributed by atoms with Gasteiger partial charge in [0, 0.05) is 43.5 Å². The lowest BCUT2D eigenvalue weighted by Gasteiger charge is -2.18. The van der Waals surface area contributed by atoms with Crippen molar-refractivity contribution in [1.82, 2.24) is 34.4 Å². The van der Waals surface area contributed by atoms with Gasteiger partial charge in [-0.1, -0.05) is 30.3 Å². The number of aryl methyl sites for hydroxylation is 1. The van der Waals surface area contributed by atoms with Gasteiger partial charge in [-0.25, -0.2) is 4.98 Å². The molecule has 1 atom stereocenters. The number of likely N-dealkylation sites (tertiary alicyclic amines) is 1. The molecule has 5 aromatic rings. The number of carbonyl (C=O) groups is 1. The van der Waals surface area contributed by atoms with Gasteiger partial charge in [-0.2, -0.15) is 10.2 Å². The summed E-state index contributed by atoms with van der Waals surface area (Å²) in [6.45, 7) is 1.99. The number of nitrogens with one attached hydrogen (secondary N) is 1. The summed E-state index contributed by atoms with van der Waals surface area (Å²) in [7, 11) is 1.80. The Kier molecular flexibility index (Phi) is 4.99. The molecule has 2 aromatic carbocycles. The molecule has 1 saturated heterocycles. The second kappa shape index (κ2) is 8.40. The minimum Gasteiger partial charge on any atom is -0.342 e. The van der Waals surface area contributed by atoms with Crippen molar-refractivity contribution in [2.24, 2.45) is 18.9 Å². The molecule has 1 aliphatic carbocycles. The standard InChI is InChI=1S/C28H27N7O2/c1-33-26-23(14-30-33)28(37)35(16-17-10-11-34(15-17)27(36)20-6-7-20)25(31-26)19-4-2-18(3-5-19)21-8-9-24-22(12-21)13-29-32-24/h2-5,8-9,12-14,17,20H,6-7,10-11,15-16H2,1H3,(H,29,32). The first-order valence-corrected chi connectivity index (χ1v) is 12.8. The highest BCUT2D eigenvalue weighted by Gasteiger charge is 2.37. The van der Waals surface area contributed by atoms with Crippen LogP contribution in [0.5, 0.6) is 0 Å². The topological polar surface area (TPSA) is 102 Å². The maximum atomic E-state index is 13.6. The Labute approximate surface area is 212 Å². The molecule has 2 fully saturated rings. The zero-order chi connectivity index (χ0) is 25.1. The Balaban J connectivity index is 1.24. The SMILES string of the molecule is Cn1ncc2c(=O)n(CC3CCN(C(=O)C4CC4)C3)c(-c3ccc(-c4ccc5[nH]ncc5c4)cc3)nc21. The molecular weight excluding hydrogens is 466 g/mol. The minimum atomic E-state index is -0.0884. The van der Waals surface area contributed by atoms with Crippen LogP contribution in [0, 0.1) is 11.8 Å². The van der Waals surface area contributed by atoms with Gasteiger partial charge < -0.3 is 4.90 Å². The van der Waals surface area contributed by atoms with Crippen molar-refractivity contribution in [1.29, 1.82) is 0 Å². The molecule has 0 spiro atoms. The lowest BCUT2D eigenvalue weighted by atomic mass is 10.0. The molecule has 9 nitrogen and oxygen atoms in total. The first kappa shape index (κ1) is 22.0. The van der Waals surface area contributed by atoms with Gasteiger partial charge >= 0.3 is 0 Å². The van der Waals surface area contributed by atoms with Crippen molar-refractivity contribution < 1.29 is 4.79 Å². The first-order valence-electron chi connectivity index (χ1n) is 12.8. The number of hydrogen-bond donors (Lipinski definition) is 1. The largest absolute Gasteiger partial charge is 0.342 e. The van der Waals surface area contributed by atoms with Gasteiger partial charge in [0.25, 0.3) is 5.56 Å². The third-order valence-corrected chi connectivity index (χ3v) is 7.73. The summed E-state index contributed by atoms with van der Waals surface area (Å²) in [6.07, 6.45) is 6.33. The molecule has 186 valence electrons. The molecule has 4 heterocycles. The molecule has 1 amide bonds. The van der Waals surface area contributed by atoms with Crippen LogP contribution in [0.25, 0.3) is 44.5 Å². The van der Waals surface area contributed by atoms with Crippen LogP contribution in [-0.2, 0) is 18.4 Å². The van der Waals surface area contributed by atoms with E-state index in [9.17, 15) is 9.59 Å². The maximum absolute atomic E-state index is 13.6. The maximum Gasteiger partial charge on any atom is 0.264 e. The van der Waals surface area contributed by atoms with Gasteiger partial charge in [0.05, 0.1) is 17.9 Å². The molecule has 1 aliphatic heterocycles. The van der Waals surface area contributed by atoms with Gasteiger partial charge in [-0.3, -0.25) is 23.9 Å². The fourth-order valence-corrected chi connectivity index (χ4v) is 5.47. The zero-order valence-electron chi connectivity index (χ0n) is 20.6. The molecule has 2 aliphatic rings. The van der Waals surface area contributed by atoms with E-state index in [1.54, 1.807) is 22.5 Å². The van der Waals surface area contributed by atoms with E-state index >= 15 is 0 Å². The predicted octanol–water partition coefficient (Wildman–Crippen LogP) is 3.60. The van der Waals surface area contributed by atoms with Crippen LogP contribution in [0.1, 0.15) is 19.3 Å². The second-order valence-corrected chi connectivity index (χ2v) is 10.3. The van der Waals surface area contributed by atoms with Crippen LogP contribution in [0.4, 0.5) is 0 Å². The van der Waals surface area contributed by atoms with E-state index in [1.165, 1.54) is 0 Å². The lowest BCUT2D eigenvalue weighted by Crippen LogP contribution is -2.32. The van der Waals surface area contributed by atoms with Crippen LogP contribution in [-0.4, -0.2) is 53.4 Å². The molecule has 1 saturated carbocycles. The van der Waals surface area contributed by atoms with Gasteiger partial charge in [-0.15, -0.1) is 0 Å². The number of nitrogens with zero attached hydrogens (tertiary/aromatic N) is 6. The number of carbonyl (C=O) groups excluding carboxylic acids is 1. The molecule has 7 rings (SSSR count). The number of aromatic amines is 1. The van der Waals surface area contributed by atoms with Crippen molar-refractivity contribution in [2.45, 2.75) is 25.8 Å². The molecule has 3 aromatic heterocycles. The summed E-state index contributed by atoms with van der Waals surface area (Å²) in [5, 5.41) is 12.9. The molecule has 1 N–H and O–H groups in total.